The summed E-state index contributed by atoms with van der Waals surface area (Å²) in [6.45, 7) is 1.85. The molecule has 0 aromatic carbocycles. The predicted octanol–water partition coefficient (Wildman–Crippen LogP) is 1.33. The van der Waals surface area contributed by atoms with Gasteiger partial charge >= 0.3 is 5.97 Å². The Labute approximate surface area is 83.5 Å². The molecule has 0 saturated carbocycles. The molecule has 64 valence electrons. The molecule has 0 fully saturated rings. The molecule has 0 amide bonds. The van der Waals surface area contributed by atoms with E-state index in [2.05, 4.69) is 9.97 Å². The first-order chi connectivity index (χ1) is 5.74. The van der Waals surface area contributed by atoms with E-state index in [1.807, 2.05) is 29.5 Å². The molecule has 0 saturated heterocycles. The molecule has 0 aliphatic carbocycles. The van der Waals surface area contributed by atoms with E-state index in [1.165, 1.54) is 0 Å². The maximum absolute atomic E-state index is 11.0. The van der Waals surface area contributed by atoms with Crippen molar-refractivity contribution in [2.24, 2.45) is 0 Å². The van der Waals surface area contributed by atoms with Gasteiger partial charge in [-0.05, 0) is 35.1 Å². The number of hydrogen-bond acceptors (Lipinski definition) is 4. The monoisotopic (exact) mass is 278 g/mol. The lowest BCUT2D eigenvalue weighted by Crippen LogP contribution is -2.08. The Morgan fingerprint density at radius 2 is 2.17 bits per heavy atom. The quantitative estimate of drug-likeness (QED) is 0.465. The minimum atomic E-state index is -0.482. The van der Waals surface area contributed by atoms with E-state index in [0.717, 1.165) is 5.56 Å². The standard InChI is InChI=1S/C7H7IN2O2/c1-5-2-9-6(10-3-5)7(11)12-4-8/h2-3H,4H2,1H3. The van der Waals surface area contributed by atoms with Crippen molar-refractivity contribution < 1.29 is 9.53 Å². The fourth-order valence-electron chi connectivity index (χ4n) is 0.612. The Balaban J connectivity index is 2.75. The molecule has 0 radical (unpaired) electrons. The molecule has 0 atom stereocenters. The van der Waals surface area contributed by atoms with Crippen molar-refractivity contribution in [3.8, 4) is 0 Å². The van der Waals surface area contributed by atoms with Gasteiger partial charge in [-0.1, -0.05) is 0 Å². The smallest absolute Gasteiger partial charge is 0.377 e. The summed E-state index contributed by atoms with van der Waals surface area (Å²) in [6, 6.07) is 0. The molecule has 0 N–H and O–H groups in total. The van der Waals surface area contributed by atoms with Crippen molar-refractivity contribution in [1.29, 1.82) is 0 Å². The summed E-state index contributed by atoms with van der Waals surface area (Å²) in [5.74, 6) is -0.373. The van der Waals surface area contributed by atoms with Crippen LogP contribution in [0.25, 0.3) is 0 Å². The Kier molecular flexibility index (Phi) is 3.39. The Bertz CT molecular complexity index is 273. The highest BCUT2D eigenvalue weighted by molar-refractivity contribution is 14.1. The van der Waals surface area contributed by atoms with Crippen LogP contribution in [0.2, 0.25) is 0 Å². The number of aromatic nitrogens is 2. The van der Waals surface area contributed by atoms with Crippen LogP contribution < -0.4 is 0 Å². The molecule has 1 aromatic heterocycles. The van der Waals surface area contributed by atoms with Gasteiger partial charge in [-0.25, -0.2) is 14.8 Å². The van der Waals surface area contributed by atoms with Crippen LogP contribution in [-0.4, -0.2) is 20.6 Å². The van der Waals surface area contributed by atoms with Crippen molar-refractivity contribution in [3.05, 3.63) is 23.8 Å². The zero-order valence-electron chi connectivity index (χ0n) is 6.45. The third kappa shape index (κ3) is 2.40. The first-order valence-electron chi connectivity index (χ1n) is 3.26. The normalized spacial score (nSPS) is 9.50. The summed E-state index contributed by atoms with van der Waals surface area (Å²) in [6.07, 6.45) is 3.16. The zero-order chi connectivity index (χ0) is 8.97. The van der Waals surface area contributed by atoms with Gasteiger partial charge in [0.05, 0.1) is 0 Å². The van der Waals surface area contributed by atoms with E-state index >= 15 is 0 Å². The molecular formula is C7H7IN2O2. The van der Waals surface area contributed by atoms with Gasteiger partial charge in [0, 0.05) is 12.4 Å². The summed E-state index contributed by atoms with van der Waals surface area (Å²) < 4.78 is 5.00. The number of carbonyl (C=O) groups is 1. The van der Waals surface area contributed by atoms with Crippen LogP contribution in [0.3, 0.4) is 0 Å². The third-order valence-corrected chi connectivity index (χ3v) is 1.46. The van der Waals surface area contributed by atoms with E-state index < -0.39 is 5.97 Å². The molecule has 0 aliphatic rings. The van der Waals surface area contributed by atoms with E-state index in [4.69, 9.17) is 4.74 Å². The number of nitrogens with zero attached hydrogens (tertiary/aromatic N) is 2. The fourth-order valence-corrected chi connectivity index (χ4v) is 0.895. The van der Waals surface area contributed by atoms with Gasteiger partial charge in [0.1, 0.15) is 4.61 Å². The average molecular weight is 278 g/mol. The van der Waals surface area contributed by atoms with Gasteiger partial charge in [0.2, 0.25) is 5.82 Å². The zero-order valence-corrected chi connectivity index (χ0v) is 8.61. The summed E-state index contributed by atoms with van der Waals surface area (Å²) in [7, 11) is 0. The van der Waals surface area contributed by atoms with Gasteiger partial charge in [-0.15, -0.1) is 0 Å². The number of esters is 1. The Morgan fingerprint density at radius 1 is 1.58 bits per heavy atom. The van der Waals surface area contributed by atoms with Crippen LogP contribution in [0.4, 0.5) is 0 Å². The second-order valence-corrected chi connectivity index (χ2v) is 2.75. The second kappa shape index (κ2) is 4.34. The van der Waals surface area contributed by atoms with Gasteiger partial charge in [-0.2, -0.15) is 0 Å². The summed E-state index contributed by atoms with van der Waals surface area (Å²) in [5.41, 5.74) is 0.918. The molecule has 5 heteroatoms. The van der Waals surface area contributed by atoms with Crippen molar-refractivity contribution in [1.82, 2.24) is 9.97 Å². The van der Waals surface area contributed by atoms with Crippen molar-refractivity contribution in [2.75, 3.05) is 4.61 Å². The molecule has 0 bridgehead atoms. The lowest BCUT2D eigenvalue weighted by atomic mass is 10.4. The number of ether oxygens (including phenoxy) is 1. The molecule has 0 spiro atoms. The van der Waals surface area contributed by atoms with Gasteiger partial charge < -0.3 is 4.74 Å². The lowest BCUT2D eigenvalue weighted by Gasteiger charge is -1.98. The van der Waals surface area contributed by atoms with Crippen molar-refractivity contribution in [2.45, 2.75) is 6.92 Å². The van der Waals surface area contributed by atoms with Crippen LogP contribution in [0.5, 0.6) is 0 Å². The highest BCUT2D eigenvalue weighted by Crippen LogP contribution is 1.97. The number of hydrogen-bond donors (Lipinski definition) is 0. The minimum absolute atomic E-state index is 0.109. The molecule has 12 heavy (non-hydrogen) atoms. The molecule has 4 nitrogen and oxygen atoms in total. The molecular weight excluding hydrogens is 271 g/mol. The average Bonchev–Trinajstić information content (AvgIpc) is 2.06. The first kappa shape index (κ1) is 9.37. The lowest BCUT2D eigenvalue weighted by molar-refractivity contribution is 0.0576. The van der Waals surface area contributed by atoms with Crippen LogP contribution in [0.15, 0.2) is 12.4 Å². The molecule has 1 aromatic rings. The topological polar surface area (TPSA) is 52.1 Å². The van der Waals surface area contributed by atoms with E-state index in [-0.39, 0.29) is 5.82 Å². The predicted molar refractivity (Wildman–Crippen MR) is 51.1 cm³/mol. The molecule has 1 rings (SSSR count). The second-order valence-electron chi connectivity index (χ2n) is 2.12. The first-order valence-corrected chi connectivity index (χ1v) is 4.78. The third-order valence-electron chi connectivity index (χ3n) is 1.15. The maximum atomic E-state index is 11.0. The molecule has 0 unspecified atom stereocenters. The largest absolute Gasteiger partial charge is 0.449 e. The number of halogens is 1. The SMILES string of the molecule is Cc1cnc(C(=O)OCI)nc1. The maximum Gasteiger partial charge on any atom is 0.377 e. The number of carbonyl (C=O) groups excluding carboxylic acids is 1. The van der Waals surface area contributed by atoms with Crippen LogP contribution >= 0.6 is 22.6 Å². The number of rotatable bonds is 2. The van der Waals surface area contributed by atoms with Crippen LogP contribution in [0, 0.1) is 6.92 Å². The van der Waals surface area contributed by atoms with Gasteiger partial charge in [0.25, 0.3) is 0 Å². The van der Waals surface area contributed by atoms with E-state index in [1.54, 1.807) is 12.4 Å². The number of alkyl halides is 1. The van der Waals surface area contributed by atoms with Crippen molar-refractivity contribution >= 4 is 28.6 Å². The van der Waals surface area contributed by atoms with Crippen molar-refractivity contribution in [3.63, 3.8) is 0 Å². The van der Waals surface area contributed by atoms with E-state index in [0.29, 0.717) is 4.61 Å². The summed E-state index contributed by atoms with van der Waals surface area (Å²) in [4.78, 5) is 18.6. The molecule has 0 aliphatic heterocycles. The van der Waals surface area contributed by atoms with Gasteiger partial charge in [-0.3, -0.25) is 0 Å². The Hall–Kier alpha value is -0.720. The fraction of sp³-hybridized carbons (Fsp3) is 0.286. The highest BCUT2D eigenvalue weighted by atomic mass is 127. The van der Waals surface area contributed by atoms with Gasteiger partial charge in [0.15, 0.2) is 0 Å². The van der Waals surface area contributed by atoms with E-state index in [9.17, 15) is 4.79 Å². The van der Waals surface area contributed by atoms with Crippen LogP contribution in [0.1, 0.15) is 16.2 Å². The number of aryl methyl sites for hydroxylation is 1. The summed E-state index contributed by atoms with van der Waals surface area (Å²) >= 11 is 1.94. The van der Waals surface area contributed by atoms with Crippen LogP contribution in [-0.2, 0) is 4.74 Å². The minimum Gasteiger partial charge on any atom is -0.449 e. The Morgan fingerprint density at radius 3 is 2.67 bits per heavy atom. The summed E-state index contributed by atoms with van der Waals surface area (Å²) in [5, 5.41) is 0. The highest BCUT2D eigenvalue weighted by Gasteiger charge is 2.08. The molecule has 1 heterocycles.